The molecule has 4 amide bonds. The van der Waals surface area contributed by atoms with Gasteiger partial charge in [0.2, 0.25) is 0 Å². The summed E-state index contributed by atoms with van der Waals surface area (Å²) in [6, 6.07) is 14.1. The van der Waals surface area contributed by atoms with Crippen LogP contribution in [0.25, 0.3) is 10.8 Å². The second-order valence-electron chi connectivity index (χ2n) is 6.28. The SMILES string of the molecule is CCNC(=O)N1CCC(NC(=O)NCc2ccc3ccccc3c2)C1. The van der Waals surface area contributed by atoms with Crippen LogP contribution in [0, 0.1) is 0 Å². The first kappa shape index (κ1) is 17.1. The monoisotopic (exact) mass is 340 g/mol. The van der Waals surface area contributed by atoms with E-state index >= 15 is 0 Å². The van der Waals surface area contributed by atoms with Crippen molar-refractivity contribution in [2.24, 2.45) is 0 Å². The molecule has 1 heterocycles. The third-order valence-electron chi connectivity index (χ3n) is 4.41. The molecule has 0 bridgehead atoms. The first-order valence-electron chi connectivity index (χ1n) is 8.70. The van der Waals surface area contributed by atoms with Crippen molar-refractivity contribution in [2.75, 3.05) is 19.6 Å². The smallest absolute Gasteiger partial charge is 0.317 e. The van der Waals surface area contributed by atoms with Gasteiger partial charge in [0.1, 0.15) is 0 Å². The molecular formula is C19H24N4O2. The minimum atomic E-state index is -0.198. The summed E-state index contributed by atoms with van der Waals surface area (Å²) in [5.41, 5.74) is 1.06. The second kappa shape index (κ2) is 7.88. The quantitative estimate of drug-likeness (QED) is 0.800. The molecule has 1 aliphatic rings. The summed E-state index contributed by atoms with van der Waals surface area (Å²) in [4.78, 5) is 25.6. The van der Waals surface area contributed by atoms with Crippen LogP contribution < -0.4 is 16.0 Å². The van der Waals surface area contributed by atoms with Gasteiger partial charge < -0.3 is 20.9 Å². The molecule has 25 heavy (non-hydrogen) atoms. The Balaban J connectivity index is 1.47. The van der Waals surface area contributed by atoms with Crippen molar-refractivity contribution in [1.29, 1.82) is 0 Å². The van der Waals surface area contributed by atoms with Crippen molar-refractivity contribution >= 4 is 22.8 Å². The highest BCUT2D eigenvalue weighted by Crippen LogP contribution is 2.15. The van der Waals surface area contributed by atoms with Crippen molar-refractivity contribution in [1.82, 2.24) is 20.9 Å². The van der Waals surface area contributed by atoms with Crippen LogP contribution >= 0.6 is 0 Å². The second-order valence-corrected chi connectivity index (χ2v) is 6.28. The Kier molecular flexibility index (Phi) is 5.38. The predicted octanol–water partition coefficient (Wildman–Crippen LogP) is 2.44. The van der Waals surface area contributed by atoms with Gasteiger partial charge in [-0.05, 0) is 35.7 Å². The maximum absolute atomic E-state index is 12.1. The maximum Gasteiger partial charge on any atom is 0.317 e. The van der Waals surface area contributed by atoms with E-state index in [0.717, 1.165) is 17.4 Å². The van der Waals surface area contributed by atoms with Gasteiger partial charge in [0.25, 0.3) is 0 Å². The van der Waals surface area contributed by atoms with E-state index in [0.29, 0.717) is 26.2 Å². The highest BCUT2D eigenvalue weighted by atomic mass is 16.2. The largest absolute Gasteiger partial charge is 0.338 e. The third kappa shape index (κ3) is 4.41. The lowest BCUT2D eigenvalue weighted by Crippen LogP contribution is -2.45. The van der Waals surface area contributed by atoms with Gasteiger partial charge in [0.15, 0.2) is 0 Å². The number of urea groups is 2. The number of benzene rings is 2. The van der Waals surface area contributed by atoms with Crippen LogP contribution in [0.4, 0.5) is 9.59 Å². The Morgan fingerprint density at radius 1 is 1.12 bits per heavy atom. The van der Waals surface area contributed by atoms with E-state index < -0.39 is 0 Å². The molecule has 3 rings (SSSR count). The summed E-state index contributed by atoms with van der Waals surface area (Å²) in [7, 11) is 0. The van der Waals surface area contributed by atoms with Gasteiger partial charge in [-0.1, -0.05) is 36.4 Å². The summed E-state index contributed by atoms with van der Waals surface area (Å²) in [6.45, 7) is 4.20. The molecule has 1 aliphatic heterocycles. The molecule has 1 unspecified atom stereocenters. The summed E-state index contributed by atoms with van der Waals surface area (Å²) >= 11 is 0. The topological polar surface area (TPSA) is 73.5 Å². The number of likely N-dealkylation sites (tertiary alicyclic amines) is 1. The molecule has 0 aliphatic carbocycles. The van der Waals surface area contributed by atoms with Gasteiger partial charge >= 0.3 is 12.1 Å². The third-order valence-corrected chi connectivity index (χ3v) is 4.41. The molecular weight excluding hydrogens is 316 g/mol. The number of hydrogen-bond donors (Lipinski definition) is 3. The molecule has 1 fully saturated rings. The predicted molar refractivity (Wildman–Crippen MR) is 98.4 cm³/mol. The van der Waals surface area contributed by atoms with Crippen LogP contribution in [0.1, 0.15) is 18.9 Å². The molecule has 1 saturated heterocycles. The van der Waals surface area contributed by atoms with Crippen molar-refractivity contribution in [2.45, 2.75) is 25.9 Å². The highest BCUT2D eigenvalue weighted by molar-refractivity contribution is 5.83. The lowest BCUT2D eigenvalue weighted by Gasteiger charge is -2.17. The minimum Gasteiger partial charge on any atom is -0.338 e. The first-order valence-corrected chi connectivity index (χ1v) is 8.70. The number of carbonyl (C=O) groups is 2. The molecule has 0 aromatic heterocycles. The van der Waals surface area contributed by atoms with Crippen LogP contribution in [-0.2, 0) is 6.54 Å². The van der Waals surface area contributed by atoms with E-state index in [2.05, 4.69) is 40.2 Å². The fraction of sp³-hybridized carbons (Fsp3) is 0.368. The average Bonchev–Trinajstić information content (AvgIpc) is 3.08. The van der Waals surface area contributed by atoms with Gasteiger partial charge in [0, 0.05) is 32.2 Å². The summed E-state index contributed by atoms with van der Waals surface area (Å²) in [5.74, 6) is 0. The van der Waals surface area contributed by atoms with Crippen molar-refractivity contribution in [3.63, 3.8) is 0 Å². The van der Waals surface area contributed by atoms with Gasteiger partial charge in [-0.25, -0.2) is 9.59 Å². The van der Waals surface area contributed by atoms with Crippen molar-refractivity contribution in [3.05, 3.63) is 48.0 Å². The molecule has 6 heteroatoms. The summed E-state index contributed by atoms with van der Waals surface area (Å²) in [5, 5.41) is 11.0. The molecule has 0 radical (unpaired) electrons. The number of amides is 4. The standard InChI is InChI=1S/C19H24N4O2/c1-2-20-19(25)23-10-9-17(13-23)22-18(24)21-12-14-7-8-15-5-3-4-6-16(15)11-14/h3-8,11,17H,2,9-10,12-13H2,1H3,(H,20,25)(H2,21,22,24). The molecule has 3 N–H and O–H groups in total. The van der Waals surface area contributed by atoms with Crippen LogP contribution in [0.3, 0.4) is 0 Å². The van der Waals surface area contributed by atoms with E-state index in [1.165, 1.54) is 5.39 Å². The molecule has 6 nitrogen and oxygen atoms in total. The van der Waals surface area contributed by atoms with Crippen LogP contribution in [0.5, 0.6) is 0 Å². The molecule has 0 spiro atoms. The Morgan fingerprint density at radius 3 is 2.72 bits per heavy atom. The Hall–Kier alpha value is -2.76. The number of carbonyl (C=O) groups excluding carboxylic acids is 2. The number of rotatable bonds is 4. The maximum atomic E-state index is 12.1. The number of nitrogens with zero attached hydrogens (tertiary/aromatic N) is 1. The van der Waals surface area contributed by atoms with E-state index in [1.54, 1.807) is 4.90 Å². The molecule has 132 valence electrons. The first-order chi connectivity index (χ1) is 12.2. The van der Waals surface area contributed by atoms with E-state index in [1.807, 2.05) is 25.1 Å². The van der Waals surface area contributed by atoms with Crippen LogP contribution in [-0.4, -0.2) is 42.6 Å². The normalized spacial score (nSPS) is 16.7. The fourth-order valence-corrected chi connectivity index (χ4v) is 3.09. The number of nitrogens with one attached hydrogen (secondary N) is 3. The Morgan fingerprint density at radius 2 is 1.92 bits per heavy atom. The fourth-order valence-electron chi connectivity index (χ4n) is 3.09. The Bertz CT molecular complexity index is 762. The molecule has 0 saturated carbocycles. The lowest BCUT2D eigenvalue weighted by molar-refractivity contribution is 0.207. The zero-order valence-corrected chi connectivity index (χ0v) is 14.4. The Labute approximate surface area is 147 Å². The lowest BCUT2D eigenvalue weighted by atomic mass is 10.1. The van der Waals surface area contributed by atoms with E-state index in [9.17, 15) is 9.59 Å². The van der Waals surface area contributed by atoms with Crippen molar-refractivity contribution in [3.8, 4) is 0 Å². The number of fused-ring (bicyclic) bond motifs is 1. The average molecular weight is 340 g/mol. The van der Waals surface area contributed by atoms with Crippen LogP contribution in [0.2, 0.25) is 0 Å². The zero-order valence-electron chi connectivity index (χ0n) is 14.4. The van der Waals surface area contributed by atoms with E-state index in [-0.39, 0.29) is 18.1 Å². The van der Waals surface area contributed by atoms with Gasteiger partial charge in [-0.3, -0.25) is 0 Å². The van der Waals surface area contributed by atoms with Crippen LogP contribution in [0.15, 0.2) is 42.5 Å². The van der Waals surface area contributed by atoms with Gasteiger partial charge in [-0.2, -0.15) is 0 Å². The molecule has 2 aromatic rings. The number of hydrogen-bond acceptors (Lipinski definition) is 2. The molecule has 2 aromatic carbocycles. The van der Waals surface area contributed by atoms with E-state index in [4.69, 9.17) is 0 Å². The minimum absolute atomic E-state index is 0.000732. The van der Waals surface area contributed by atoms with Gasteiger partial charge in [-0.15, -0.1) is 0 Å². The summed E-state index contributed by atoms with van der Waals surface area (Å²) < 4.78 is 0. The zero-order chi connectivity index (χ0) is 17.6. The highest BCUT2D eigenvalue weighted by Gasteiger charge is 2.26. The van der Waals surface area contributed by atoms with Crippen molar-refractivity contribution < 1.29 is 9.59 Å². The van der Waals surface area contributed by atoms with Gasteiger partial charge in [0.05, 0.1) is 0 Å². The summed E-state index contributed by atoms with van der Waals surface area (Å²) in [6.07, 6.45) is 0.778. The molecule has 1 atom stereocenters.